The number of carbonyl (C=O) groups excluding carboxylic acids is 1. The summed E-state index contributed by atoms with van der Waals surface area (Å²) < 4.78 is 11.1. The van der Waals surface area contributed by atoms with Crippen LogP contribution in [0.1, 0.15) is 11.1 Å². The summed E-state index contributed by atoms with van der Waals surface area (Å²) in [6, 6.07) is 11.6. The highest BCUT2D eigenvalue weighted by molar-refractivity contribution is 6.30. The van der Waals surface area contributed by atoms with Gasteiger partial charge in [-0.05, 0) is 48.4 Å². The van der Waals surface area contributed by atoms with Crippen molar-refractivity contribution in [3.05, 3.63) is 58.6 Å². The van der Waals surface area contributed by atoms with Crippen LogP contribution in [-0.2, 0) is 4.79 Å². The Morgan fingerprint density at radius 2 is 1.75 bits per heavy atom. The van der Waals surface area contributed by atoms with E-state index in [-0.39, 0.29) is 5.91 Å². The van der Waals surface area contributed by atoms with Crippen LogP contribution in [0.2, 0.25) is 5.02 Å². The standard InChI is InChI=1S/C22H23ClN2O3/c1-16-2-5-18(23)15-19(16)24-8-10-25(11-9-24)22(26)7-4-17-3-6-20-21(14-17)28-13-12-27-20/h2-7,14-15H,8-13H2,1H3/b7-4+. The Morgan fingerprint density at radius 3 is 2.54 bits per heavy atom. The summed E-state index contributed by atoms with van der Waals surface area (Å²) in [6.07, 6.45) is 3.46. The summed E-state index contributed by atoms with van der Waals surface area (Å²) in [7, 11) is 0. The molecule has 0 atom stereocenters. The summed E-state index contributed by atoms with van der Waals surface area (Å²) in [5.41, 5.74) is 3.26. The van der Waals surface area contributed by atoms with E-state index in [1.807, 2.05) is 47.4 Å². The van der Waals surface area contributed by atoms with Crippen LogP contribution in [0.15, 0.2) is 42.5 Å². The Labute approximate surface area is 170 Å². The minimum atomic E-state index is 0.0253. The topological polar surface area (TPSA) is 42.0 Å². The van der Waals surface area contributed by atoms with Crippen LogP contribution >= 0.6 is 11.6 Å². The van der Waals surface area contributed by atoms with Crippen molar-refractivity contribution in [3.63, 3.8) is 0 Å². The lowest BCUT2D eigenvalue weighted by Gasteiger charge is -2.36. The average Bonchev–Trinajstić information content (AvgIpc) is 2.73. The van der Waals surface area contributed by atoms with Crippen LogP contribution < -0.4 is 14.4 Å². The van der Waals surface area contributed by atoms with E-state index in [0.717, 1.165) is 40.9 Å². The van der Waals surface area contributed by atoms with Gasteiger partial charge in [-0.3, -0.25) is 4.79 Å². The van der Waals surface area contributed by atoms with Crippen molar-refractivity contribution in [1.82, 2.24) is 4.90 Å². The summed E-state index contributed by atoms with van der Waals surface area (Å²) >= 11 is 6.14. The molecule has 1 saturated heterocycles. The minimum absolute atomic E-state index is 0.0253. The Kier molecular flexibility index (Phi) is 5.44. The van der Waals surface area contributed by atoms with Gasteiger partial charge < -0.3 is 19.3 Å². The number of aryl methyl sites for hydroxylation is 1. The van der Waals surface area contributed by atoms with E-state index in [1.165, 1.54) is 5.56 Å². The Balaban J connectivity index is 1.36. The van der Waals surface area contributed by atoms with Crippen molar-refractivity contribution < 1.29 is 14.3 Å². The SMILES string of the molecule is Cc1ccc(Cl)cc1N1CCN(C(=O)/C=C/c2ccc3c(c2)OCCO3)CC1. The maximum absolute atomic E-state index is 12.6. The first kappa shape index (κ1) is 18.7. The molecule has 0 spiro atoms. The predicted molar refractivity (Wildman–Crippen MR) is 111 cm³/mol. The molecule has 0 bridgehead atoms. The molecule has 0 radical (unpaired) electrons. The zero-order valence-electron chi connectivity index (χ0n) is 15.9. The van der Waals surface area contributed by atoms with Crippen molar-refractivity contribution in [2.24, 2.45) is 0 Å². The lowest BCUT2D eigenvalue weighted by Crippen LogP contribution is -2.48. The molecule has 5 nitrogen and oxygen atoms in total. The fraction of sp³-hybridized carbons (Fsp3) is 0.318. The number of hydrogen-bond donors (Lipinski definition) is 0. The Bertz CT molecular complexity index is 905. The van der Waals surface area contributed by atoms with Crippen molar-refractivity contribution in [3.8, 4) is 11.5 Å². The summed E-state index contributed by atoms with van der Waals surface area (Å²) in [5, 5.41) is 0.737. The normalized spacial score (nSPS) is 16.5. The minimum Gasteiger partial charge on any atom is -0.486 e. The number of amides is 1. The fourth-order valence-electron chi connectivity index (χ4n) is 3.53. The quantitative estimate of drug-likeness (QED) is 0.738. The van der Waals surface area contributed by atoms with Gasteiger partial charge >= 0.3 is 0 Å². The highest BCUT2D eigenvalue weighted by Crippen LogP contribution is 2.31. The van der Waals surface area contributed by atoms with Crippen LogP contribution in [0.5, 0.6) is 11.5 Å². The first-order valence-electron chi connectivity index (χ1n) is 9.48. The molecular formula is C22H23ClN2O3. The molecule has 146 valence electrons. The zero-order valence-corrected chi connectivity index (χ0v) is 16.6. The molecule has 2 aromatic rings. The third-order valence-electron chi connectivity index (χ3n) is 5.09. The predicted octanol–water partition coefficient (Wildman–Crippen LogP) is 3.78. The third-order valence-corrected chi connectivity index (χ3v) is 5.32. The zero-order chi connectivity index (χ0) is 19.5. The van der Waals surface area contributed by atoms with Crippen LogP contribution in [-0.4, -0.2) is 50.2 Å². The number of carbonyl (C=O) groups is 1. The van der Waals surface area contributed by atoms with Gasteiger partial charge in [0, 0.05) is 43.0 Å². The molecule has 28 heavy (non-hydrogen) atoms. The lowest BCUT2D eigenvalue weighted by molar-refractivity contribution is -0.126. The van der Waals surface area contributed by atoms with E-state index >= 15 is 0 Å². The lowest BCUT2D eigenvalue weighted by atomic mass is 10.1. The Hall–Kier alpha value is -2.66. The third kappa shape index (κ3) is 4.09. The average molecular weight is 399 g/mol. The molecule has 2 aliphatic rings. The van der Waals surface area contributed by atoms with Crippen LogP contribution in [0.3, 0.4) is 0 Å². The van der Waals surface area contributed by atoms with Gasteiger partial charge in [0.05, 0.1) is 0 Å². The highest BCUT2D eigenvalue weighted by atomic mass is 35.5. The molecule has 1 amide bonds. The van der Waals surface area contributed by atoms with E-state index in [9.17, 15) is 4.79 Å². The van der Waals surface area contributed by atoms with E-state index in [4.69, 9.17) is 21.1 Å². The van der Waals surface area contributed by atoms with Crippen LogP contribution in [0.4, 0.5) is 5.69 Å². The monoisotopic (exact) mass is 398 g/mol. The van der Waals surface area contributed by atoms with Crippen molar-refractivity contribution in [1.29, 1.82) is 0 Å². The molecule has 1 fully saturated rings. The second kappa shape index (κ2) is 8.15. The number of hydrogen-bond acceptors (Lipinski definition) is 4. The Morgan fingerprint density at radius 1 is 1.00 bits per heavy atom. The van der Waals surface area contributed by atoms with E-state index in [1.54, 1.807) is 6.08 Å². The van der Waals surface area contributed by atoms with Gasteiger partial charge in [-0.15, -0.1) is 0 Å². The number of nitrogens with zero attached hydrogens (tertiary/aromatic N) is 2. The van der Waals surface area contributed by atoms with Gasteiger partial charge in [-0.1, -0.05) is 23.7 Å². The number of rotatable bonds is 3. The molecule has 0 aromatic heterocycles. The first-order chi connectivity index (χ1) is 13.6. The molecule has 2 heterocycles. The van der Waals surface area contributed by atoms with E-state index in [0.29, 0.717) is 26.3 Å². The second-order valence-electron chi connectivity index (χ2n) is 6.98. The largest absolute Gasteiger partial charge is 0.486 e. The fourth-order valence-corrected chi connectivity index (χ4v) is 3.69. The number of fused-ring (bicyclic) bond motifs is 1. The molecule has 0 aliphatic carbocycles. The van der Waals surface area contributed by atoms with Crippen LogP contribution in [0, 0.1) is 6.92 Å². The van der Waals surface area contributed by atoms with E-state index < -0.39 is 0 Å². The molecule has 2 aliphatic heterocycles. The smallest absolute Gasteiger partial charge is 0.246 e. The summed E-state index contributed by atoms with van der Waals surface area (Å²) in [4.78, 5) is 16.7. The number of anilines is 1. The maximum atomic E-state index is 12.6. The second-order valence-corrected chi connectivity index (χ2v) is 7.42. The highest BCUT2D eigenvalue weighted by Gasteiger charge is 2.21. The van der Waals surface area contributed by atoms with Gasteiger partial charge in [-0.2, -0.15) is 0 Å². The van der Waals surface area contributed by atoms with Gasteiger partial charge in [0.1, 0.15) is 13.2 Å². The molecule has 2 aromatic carbocycles. The van der Waals surface area contributed by atoms with Gasteiger partial charge in [0.2, 0.25) is 5.91 Å². The van der Waals surface area contributed by atoms with Gasteiger partial charge in [0.25, 0.3) is 0 Å². The number of piperazine rings is 1. The molecular weight excluding hydrogens is 376 g/mol. The van der Waals surface area contributed by atoms with Crippen molar-refractivity contribution in [2.45, 2.75) is 6.92 Å². The molecule has 4 rings (SSSR count). The van der Waals surface area contributed by atoms with Crippen molar-refractivity contribution >= 4 is 29.3 Å². The summed E-state index contributed by atoms with van der Waals surface area (Å²) in [5.74, 6) is 1.51. The molecule has 0 N–H and O–H groups in total. The van der Waals surface area contributed by atoms with Crippen LogP contribution in [0.25, 0.3) is 6.08 Å². The number of ether oxygens (including phenoxy) is 2. The molecule has 0 saturated carbocycles. The molecule has 0 unspecified atom stereocenters. The summed E-state index contributed by atoms with van der Waals surface area (Å²) in [6.45, 7) is 6.18. The maximum Gasteiger partial charge on any atom is 0.246 e. The number of benzene rings is 2. The molecule has 6 heteroatoms. The van der Waals surface area contributed by atoms with E-state index in [2.05, 4.69) is 11.8 Å². The van der Waals surface area contributed by atoms with Gasteiger partial charge in [-0.25, -0.2) is 0 Å². The number of halogens is 1. The first-order valence-corrected chi connectivity index (χ1v) is 9.86. The van der Waals surface area contributed by atoms with Gasteiger partial charge in [0.15, 0.2) is 11.5 Å². The van der Waals surface area contributed by atoms with Crippen molar-refractivity contribution in [2.75, 3.05) is 44.3 Å².